The molecule has 0 aliphatic carbocycles. The van der Waals surface area contributed by atoms with Crippen LogP contribution < -0.4 is 5.73 Å². The molecule has 5 heteroatoms. The van der Waals surface area contributed by atoms with E-state index in [-0.39, 0.29) is 5.97 Å². The molecule has 0 aliphatic heterocycles. The van der Waals surface area contributed by atoms with Crippen LogP contribution in [0.1, 0.15) is 12.5 Å². The summed E-state index contributed by atoms with van der Waals surface area (Å²) in [5, 5.41) is 0.719. The highest BCUT2D eigenvalue weighted by molar-refractivity contribution is 7.98. The molecule has 0 amide bonds. The molecule has 17 heavy (non-hydrogen) atoms. The van der Waals surface area contributed by atoms with E-state index in [1.807, 2.05) is 24.3 Å². The van der Waals surface area contributed by atoms with Gasteiger partial charge in [0.2, 0.25) is 0 Å². The molecular formula is C12H16ClNO2S. The van der Waals surface area contributed by atoms with Crippen molar-refractivity contribution >= 4 is 29.3 Å². The van der Waals surface area contributed by atoms with Gasteiger partial charge in [0.1, 0.15) is 5.54 Å². The van der Waals surface area contributed by atoms with E-state index in [0.29, 0.717) is 5.75 Å². The number of hydrogen-bond acceptors (Lipinski definition) is 4. The van der Waals surface area contributed by atoms with Crippen LogP contribution in [0.15, 0.2) is 24.3 Å². The minimum absolute atomic E-state index is 0.388. The fourth-order valence-electron chi connectivity index (χ4n) is 1.25. The summed E-state index contributed by atoms with van der Waals surface area (Å²) in [4.78, 5) is 11.3. The molecule has 0 aromatic heterocycles. The van der Waals surface area contributed by atoms with Crippen molar-refractivity contribution in [3.05, 3.63) is 34.9 Å². The molecule has 2 N–H and O–H groups in total. The molecule has 0 radical (unpaired) electrons. The van der Waals surface area contributed by atoms with Crippen LogP contribution in [0.25, 0.3) is 0 Å². The first-order valence-electron chi connectivity index (χ1n) is 5.15. The molecular weight excluding hydrogens is 258 g/mol. The molecule has 94 valence electrons. The second-order valence-electron chi connectivity index (χ2n) is 4.03. The predicted molar refractivity (Wildman–Crippen MR) is 72.2 cm³/mol. The van der Waals surface area contributed by atoms with Crippen LogP contribution >= 0.6 is 23.4 Å². The lowest BCUT2D eigenvalue weighted by molar-refractivity contribution is -0.145. The van der Waals surface area contributed by atoms with E-state index < -0.39 is 5.54 Å². The number of carbonyl (C=O) groups excluding carboxylic acids is 1. The Kier molecular flexibility index (Phi) is 5.31. The molecule has 1 rings (SSSR count). The van der Waals surface area contributed by atoms with E-state index in [9.17, 15) is 4.79 Å². The molecule has 1 aromatic carbocycles. The van der Waals surface area contributed by atoms with Crippen molar-refractivity contribution in [1.29, 1.82) is 0 Å². The van der Waals surface area contributed by atoms with Gasteiger partial charge in [-0.3, -0.25) is 4.79 Å². The zero-order chi connectivity index (χ0) is 12.9. The first-order valence-corrected chi connectivity index (χ1v) is 6.68. The van der Waals surface area contributed by atoms with Crippen molar-refractivity contribution in [2.45, 2.75) is 18.2 Å². The number of esters is 1. The molecule has 0 heterocycles. The van der Waals surface area contributed by atoms with E-state index >= 15 is 0 Å². The highest BCUT2D eigenvalue weighted by Gasteiger charge is 2.29. The van der Waals surface area contributed by atoms with Gasteiger partial charge in [0, 0.05) is 16.5 Å². The highest BCUT2D eigenvalue weighted by atomic mass is 35.5. The van der Waals surface area contributed by atoms with Crippen LogP contribution in [0.4, 0.5) is 0 Å². The molecule has 0 spiro atoms. The molecule has 0 aliphatic rings. The van der Waals surface area contributed by atoms with Crippen molar-refractivity contribution in [2.75, 3.05) is 12.9 Å². The summed E-state index contributed by atoms with van der Waals surface area (Å²) >= 11 is 7.38. The second-order valence-corrected chi connectivity index (χ2v) is 5.45. The zero-order valence-corrected chi connectivity index (χ0v) is 11.5. The third kappa shape index (κ3) is 4.58. The summed E-state index contributed by atoms with van der Waals surface area (Å²) in [5.41, 5.74) is 6.06. The van der Waals surface area contributed by atoms with Gasteiger partial charge >= 0.3 is 5.97 Å². The van der Waals surface area contributed by atoms with E-state index in [1.165, 1.54) is 7.11 Å². The minimum atomic E-state index is -0.939. The van der Waals surface area contributed by atoms with Crippen molar-refractivity contribution in [1.82, 2.24) is 0 Å². The standard InChI is InChI=1S/C12H16ClNO2S/c1-12(14,11(15)16-2)8-17-7-9-3-5-10(13)6-4-9/h3-6H,7-8,14H2,1-2H3. The predicted octanol–water partition coefficient (Wildman–Crippen LogP) is 2.46. The van der Waals surface area contributed by atoms with Gasteiger partial charge in [0.25, 0.3) is 0 Å². The van der Waals surface area contributed by atoms with Crippen molar-refractivity contribution in [2.24, 2.45) is 5.73 Å². The normalized spacial score (nSPS) is 14.1. The summed E-state index contributed by atoms with van der Waals surface area (Å²) in [7, 11) is 1.34. The Hall–Kier alpha value is -0.710. The Bertz CT molecular complexity index is 379. The number of methoxy groups -OCH3 is 1. The maximum atomic E-state index is 11.3. The Morgan fingerprint density at radius 1 is 1.47 bits per heavy atom. The third-order valence-electron chi connectivity index (χ3n) is 2.24. The molecule has 0 saturated heterocycles. The van der Waals surface area contributed by atoms with Crippen LogP contribution in [-0.2, 0) is 15.3 Å². The Balaban J connectivity index is 2.42. The summed E-state index contributed by atoms with van der Waals surface area (Å²) in [5.74, 6) is 0.921. The van der Waals surface area contributed by atoms with Crippen LogP contribution in [0, 0.1) is 0 Å². The summed E-state index contributed by atoms with van der Waals surface area (Å²) in [6.45, 7) is 1.67. The maximum Gasteiger partial charge on any atom is 0.326 e. The lowest BCUT2D eigenvalue weighted by Crippen LogP contribution is -2.48. The van der Waals surface area contributed by atoms with Gasteiger partial charge in [-0.2, -0.15) is 11.8 Å². The first kappa shape index (κ1) is 14.4. The number of ether oxygens (including phenoxy) is 1. The van der Waals surface area contributed by atoms with Gasteiger partial charge in [0.05, 0.1) is 7.11 Å². The number of halogens is 1. The van der Waals surface area contributed by atoms with Crippen molar-refractivity contribution in [3.63, 3.8) is 0 Å². The van der Waals surface area contributed by atoms with Crippen LogP contribution in [0.2, 0.25) is 5.02 Å². The van der Waals surface area contributed by atoms with Crippen molar-refractivity contribution in [3.8, 4) is 0 Å². The van der Waals surface area contributed by atoms with E-state index in [4.69, 9.17) is 17.3 Å². The van der Waals surface area contributed by atoms with Crippen LogP contribution in [0.5, 0.6) is 0 Å². The van der Waals surface area contributed by atoms with Gasteiger partial charge < -0.3 is 10.5 Å². The van der Waals surface area contributed by atoms with Gasteiger partial charge in [-0.25, -0.2) is 0 Å². The number of hydrogen-bond donors (Lipinski definition) is 1. The second kappa shape index (κ2) is 6.28. The molecule has 0 saturated carbocycles. The van der Waals surface area contributed by atoms with Gasteiger partial charge in [-0.15, -0.1) is 0 Å². The van der Waals surface area contributed by atoms with Gasteiger partial charge in [0.15, 0.2) is 0 Å². The molecule has 1 aromatic rings. The van der Waals surface area contributed by atoms with E-state index in [0.717, 1.165) is 16.3 Å². The number of rotatable bonds is 5. The largest absolute Gasteiger partial charge is 0.468 e. The number of nitrogens with two attached hydrogens (primary N) is 1. The smallest absolute Gasteiger partial charge is 0.326 e. The molecule has 1 atom stereocenters. The number of benzene rings is 1. The monoisotopic (exact) mass is 273 g/mol. The lowest BCUT2D eigenvalue weighted by Gasteiger charge is -2.20. The van der Waals surface area contributed by atoms with E-state index in [2.05, 4.69) is 4.74 Å². The quantitative estimate of drug-likeness (QED) is 0.838. The maximum absolute atomic E-state index is 11.3. The minimum Gasteiger partial charge on any atom is -0.468 e. The summed E-state index contributed by atoms with van der Waals surface area (Å²) < 4.78 is 4.64. The highest BCUT2D eigenvalue weighted by Crippen LogP contribution is 2.19. The number of thioether (sulfide) groups is 1. The van der Waals surface area contributed by atoms with Crippen LogP contribution in [-0.4, -0.2) is 24.4 Å². The summed E-state index contributed by atoms with van der Waals surface area (Å²) in [6.07, 6.45) is 0. The van der Waals surface area contributed by atoms with Gasteiger partial charge in [-0.1, -0.05) is 23.7 Å². The van der Waals surface area contributed by atoms with Gasteiger partial charge in [-0.05, 0) is 24.6 Å². The van der Waals surface area contributed by atoms with Crippen molar-refractivity contribution < 1.29 is 9.53 Å². The summed E-state index contributed by atoms with van der Waals surface area (Å²) in [6, 6.07) is 7.61. The molecule has 0 fully saturated rings. The zero-order valence-electron chi connectivity index (χ0n) is 9.90. The van der Waals surface area contributed by atoms with Crippen LogP contribution in [0.3, 0.4) is 0 Å². The fraction of sp³-hybridized carbons (Fsp3) is 0.417. The Morgan fingerprint density at radius 2 is 2.06 bits per heavy atom. The topological polar surface area (TPSA) is 52.3 Å². The average molecular weight is 274 g/mol. The first-order chi connectivity index (χ1) is 7.95. The molecule has 3 nitrogen and oxygen atoms in total. The Morgan fingerprint density at radius 3 is 2.59 bits per heavy atom. The average Bonchev–Trinajstić information content (AvgIpc) is 2.30. The van der Waals surface area contributed by atoms with E-state index in [1.54, 1.807) is 18.7 Å². The molecule has 0 bridgehead atoms. The Labute approximate surface area is 111 Å². The third-order valence-corrected chi connectivity index (χ3v) is 3.83. The molecule has 1 unspecified atom stereocenters. The SMILES string of the molecule is COC(=O)C(C)(N)CSCc1ccc(Cl)cc1. The number of carbonyl (C=O) groups is 1. The lowest BCUT2D eigenvalue weighted by atomic mass is 10.1. The fourth-order valence-corrected chi connectivity index (χ4v) is 2.45.